The van der Waals surface area contributed by atoms with E-state index >= 15 is 0 Å². The van der Waals surface area contributed by atoms with E-state index in [1.165, 1.54) is 0 Å². The number of amides is 1. The molecule has 2 aromatic rings. The summed E-state index contributed by atoms with van der Waals surface area (Å²) in [5.74, 6) is -1.26. The number of ether oxygens (including phenoxy) is 1. The van der Waals surface area contributed by atoms with Gasteiger partial charge in [0.2, 0.25) is 5.91 Å². The number of nitrogens with one attached hydrogen (secondary N) is 1. The minimum absolute atomic E-state index is 0.0171. The van der Waals surface area contributed by atoms with Gasteiger partial charge in [0.05, 0.1) is 22.2 Å². The molecule has 0 aliphatic rings. The largest absolute Gasteiger partial charge is 0.463 e. The number of anilines is 2. The van der Waals surface area contributed by atoms with Crippen LogP contribution >= 0.6 is 23.2 Å². The molecule has 8 heteroatoms. The molecule has 0 aliphatic heterocycles. The van der Waals surface area contributed by atoms with Gasteiger partial charge in [0, 0.05) is 5.69 Å². The van der Waals surface area contributed by atoms with Crippen molar-refractivity contribution in [2.24, 2.45) is 11.5 Å². The summed E-state index contributed by atoms with van der Waals surface area (Å²) >= 11 is 12.3. The summed E-state index contributed by atoms with van der Waals surface area (Å²) < 4.78 is 4.98. The Morgan fingerprint density at radius 1 is 1.08 bits per heavy atom. The summed E-state index contributed by atoms with van der Waals surface area (Å²) in [6.07, 6.45) is -0.0171. The van der Waals surface area contributed by atoms with Gasteiger partial charge in [0.25, 0.3) is 0 Å². The second kappa shape index (κ2) is 8.71. The van der Waals surface area contributed by atoms with Crippen LogP contribution in [0.15, 0.2) is 42.5 Å². The van der Waals surface area contributed by atoms with Crippen LogP contribution in [0.2, 0.25) is 10.0 Å². The Balaban J connectivity index is 2.10. The van der Waals surface area contributed by atoms with Crippen molar-refractivity contribution in [1.82, 2.24) is 0 Å². The van der Waals surface area contributed by atoms with Crippen LogP contribution in [0.1, 0.15) is 5.56 Å². The maximum Gasteiger partial charge on any atom is 0.310 e. The van der Waals surface area contributed by atoms with E-state index in [1.54, 1.807) is 36.4 Å². The monoisotopic (exact) mass is 381 g/mol. The molecule has 0 saturated carbocycles. The molecule has 2 aromatic carbocycles. The fourth-order valence-corrected chi connectivity index (χ4v) is 2.51. The lowest BCUT2D eigenvalue weighted by atomic mass is 10.1. The Morgan fingerprint density at radius 2 is 1.72 bits per heavy atom. The Hall–Kier alpha value is -2.28. The number of primary amides is 1. The molecule has 1 amide bonds. The molecule has 1 atom stereocenters. The molecule has 0 unspecified atom stereocenters. The molecule has 0 aromatic heterocycles. The highest BCUT2D eigenvalue weighted by Gasteiger charge is 2.15. The second-order valence-electron chi connectivity index (χ2n) is 5.25. The molecule has 132 valence electrons. The van der Waals surface area contributed by atoms with Gasteiger partial charge in [-0.2, -0.15) is 0 Å². The highest BCUT2D eigenvalue weighted by atomic mass is 35.5. The third-order valence-electron chi connectivity index (χ3n) is 3.36. The van der Waals surface area contributed by atoms with E-state index in [0.29, 0.717) is 27.0 Å². The van der Waals surface area contributed by atoms with Crippen molar-refractivity contribution >= 4 is 46.5 Å². The van der Waals surface area contributed by atoms with Crippen molar-refractivity contribution in [3.8, 4) is 0 Å². The topological polar surface area (TPSA) is 107 Å². The number of hydrogen-bond donors (Lipinski definition) is 3. The Kier molecular flexibility index (Phi) is 6.64. The standard InChI is InChI=1S/C17H17Cl2N3O3/c18-11-5-3-6-12(19)16(11)22-14-7-2-1-4-10(14)8-15(23)25-9-13(20)17(21)24/h1-7,13,22H,8-9,20H2,(H2,21,24)/t13-/m0/s1. The van der Waals surface area contributed by atoms with Crippen molar-refractivity contribution < 1.29 is 14.3 Å². The lowest BCUT2D eigenvalue weighted by molar-refractivity contribution is -0.144. The normalized spacial score (nSPS) is 11.6. The second-order valence-corrected chi connectivity index (χ2v) is 6.06. The number of hydrogen-bond acceptors (Lipinski definition) is 5. The molecule has 0 fully saturated rings. The van der Waals surface area contributed by atoms with E-state index in [0.717, 1.165) is 0 Å². The number of benzene rings is 2. The third kappa shape index (κ3) is 5.35. The smallest absolute Gasteiger partial charge is 0.310 e. The SMILES string of the molecule is NC(=O)[C@@H](N)COC(=O)Cc1ccccc1Nc1c(Cl)cccc1Cl. The van der Waals surface area contributed by atoms with E-state index in [9.17, 15) is 9.59 Å². The zero-order valence-corrected chi connectivity index (χ0v) is 14.7. The van der Waals surface area contributed by atoms with E-state index < -0.39 is 17.9 Å². The Labute approximate surface area is 155 Å². The maximum absolute atomic E-state index is 12.0. The van der Waals surface area contributed by atoms with E-state index in [2.05, 4.69) is 5.32 Å². The van der Waals surface area contributed by atoms with Crippen LogP contribution in [0, 0.1) is 0 Å². The van der Waals surface area contributed by atoms with Gasteiger partial charge >= 0.3 is 5.97 Å². The van der Waals surface area contributed by atoms with E-state index in [4.69, 9.17) is 39.4 Å². The predicted octanol–water partition coefficient (Wildman–Crippen LogP) is 2.64. The number of halogens is 2. The molecule has 0 bridgehead atoms. The molecule has 0 saturated heterocycles. The minimum atomic E-state index is -1.03. The van der Waals surface area contributed by atoms with E-state index in [-0.39, 0.29) is 13.0 Å². The molecule has 2 rings (SSSR count). The fourth-order valence-electron chi connectivity index (χ4n) is 2.02. The molecule has 6 nitrogen and oxygen atoms in total. The number of rotatable bonds is 7. The lowest BCUT2D eigenvalue weighted by Gasteiger charge is -2.14. The highest BCUT2D eigenvalue weighted by molar-refractivity contribution is 6.39. The minimum Gasteiger partial charge on any atom is -0.463 e. The summed E-state index contributed by atoms with van der Waals surface area (Å²) in [6, 6.07) is 11.3. The van der Waals surface area contributed by atoms with Crippen LogP contribution < -0.4 is 16.8 Å². The quantitative estimate of drug-likeness (QED) is 0.638. The number of carbonyl (C=O) groups is 2. The average Bonchev–Trinajstić information content (AvgIpc) is 2.57. The lowest BCUT2D eigenvalue weighted by Crippen LogP contribution is -2.40. The van der Waals surface area contributed by atoms with E-state index in [1.807, 2.05) is 6.07 Å². The van der Waals surface area contributed by atoms with Gasteiger partial charge in [-0.3, -0.25) is 9.59 Å². The molecule has 0 spiro atoms. The van der Waals surface area contributed by atoms with Crippen molar-refractivity contribution in [2.75, 3.05) is 11.9 Å². The van der Waals surface area contributed by atoms with Crippen LogP contribution in [0.5, 0.6) is 0 Å². The number of carbonyl (C=O) groups excluding carboxylic acids is 2. The van der Waals surface area contributed by atoms with Crippen molar-refractivity contribution in [3.63, 3.8) is 0 Å². The molecular weight excluding hydrogens is 365 g/mol. The van der Waals surface area contributed by atoms with Crippen molar-refractivity contribution in [1.29, 1.82) is 0 Å². The van der Waals surface area contributed by atoms with Gasteiger partial charge in [-0.05, 0) is 23.8 Å². The zero-order chi connectivity index (χ0) is 18.4. The van der Waals surface area contributed by atoms with Gasteiger partial charge in [-0.15, -0.1) is 0 Å². The molecular formula is C17H17Cl2N3O3. The first-order valence-electron chi connectivity index (χ1n) is 7.38. The average molecular weight is 382 g/mol. The van der Waals surface area contributed by atoms with Crippen molar-refractivity contribution in [2.45, 2.75) is 12.5 Å². The fraction of sp³-hybridized carbons (Fsp3) is 0.176. The van der Waals surface area contributed by atoms with Gasteiger partial charge in [0.1, 0.15) is 12.6 Å². The van der Waals surface area contributed by atoms with Crippen LogP contribution in [-0.2, 0) is 20.7 Å². The van der Waals surface area contributed by atoms with Crippen LogP contribution in [0.4, 0.5) is 11.4 Å². The van der Waals surface area contributed by atoms with Gasteiger partial charge < -0.3 is 21.5 Å². The van der Waals surface area contributed by atoms with Crippen LogP contribution in [0.3, 0.4) is 0 Å². The zero-order valence-electron chi connectivity index (χ0n) is 13.2. The molecule has 0 heterocycles. The molecule has 0 radical (unpaired) electrons. The van der Waals surface area contributed by atoms with Crippen LogP contribution in [-0.4, -0.2) is 24.5 Å². The third-order valence-corrected chi connectivity index (χ3v) is 3.99. The summed E-state index contributed by atoms with van der Waals surface area (Å²) in [7, 11) is 0. The summed E-state index contributed by atoms with van der Waals surface area (Å²) in [5.41, 5.74) is 12.3. The molecule has 5 N–H and O–H groups in total. The summed E-state index contributed by atoms with van der Waals surface area (Å²) in [5, 5.41) is 4.04. The first kappa shape index (κ1) is 19.1. The summed E-state index contributed by atoms with van der Waals surface area (Å²) in [6.45, 7) is -0.264. The Morgan fingerprint density at radius 3 is 2.36 bits per heavy atom. The van der Waals surface area contributed by atoms with Gasteiger partial charge in [-0.1, -0.05) is 47.5 Å². The first-order chi connectivity index (χ1) is 11.9. The molecule has 25 heavy (non-hydrogen) atoms. The first-order valence-corrected chi connectivity index (χ1v) is 8.13. The number of esters is 1. The summed E-state index contributed by atoms with van der Waals surface area (Å²) in [4.78, 5) is 22.8. The number of nitrogens with two attached hydrogens (primary N) is 2. The maximum atomic E-state index is 12.0. The van der Waals surface area contributed by atoms with Crippen LogP contribution in [0.25, 0.3) is 0 Å². The number of para-hydroxylation sites is 2. The van der Waals surface area contributed by atoms with Crippen molar-refractivity contribution in [3.05, 3.63) is 58.1 Å². The van der Waals surface area contributed by atoms with Gasteiger partial charge in [0.15, 0.2) is 0 Å². The molecule has 0 aliphatic carbocycles. The van der Waals surface area contributed by atoms with Gasteiger partial charge in [-0.25, -0.2) is 0 Å². The Bertz CT molecular complexity index is 763. The highest BCUT2D eigenvalue weighted by Crippen LogP contribution is 2.33. The predicted molar refractivity (Wildman–Crippen MR) is 98.0 cm³/mol.